The van der Waals surface area contributed by atoms with E-state index in [1.165, 1.54) is 17.4 Å². The van der Waals surface area contributed by atoms with Gasteiger partial charge in [0.15, 0.2) is 5.13 Å². The number of halogens is 2. The van der Waals surface area contributed by atoms with E-state index in [4.69, 9.17) is 0 Å². The zero-order valence-corrected chi connectivity index (χ0v) is 11.1. The number of nitrogens with zero attached hydrogens (tertiary/aromatic N) is 2. The van der Waals surface area contributed by atoms with Crippen molar-refractivity contribution in [2.24, 2.45) is 0 Å². The van der Waals surface area contributed by atoms with Crippen molar-refractivity contribution >= 4 is 32.4 Å². The number of anilines is 1. The van der Waals surface area contributed by atoms with Gasteiger partial charge in [0.1, 0.15) is 10.4 Å². The summed E-state index contributed by atoms with van der Waals surface area (Å²) in [5, 5.41) is 2.78. The molecule has 0 saturated heterocycles. The van der Waals surface area contributed by atoms with Gasteiger partial charge in [-0.1, -0.05) is 18.2 Å². The summed E-state index contributed by atoms with van der Waals surface area (Å²) in [7, 11) is 1.90. The van der Waals surface area contributed by atoms with Crippen LogP contribution in [-0.4, -0.2) is 12.0 Å². The minimum atomic E-state index is -0.176. The average molecular weight is 301 g/mol. The van der Waals surface area contributed by atoms with E-state index in [0.717, 1.165) is 9.73 Å². The molecule has 0 N–H and O–H groups in total. The number of aromatic nitrogens is 1. The number of thiazole rings is 1. The van der Waals surface area contributed by atoms with Crippen LogP contribution in [-0.2, 0) is 6.54 Å². The highest BCUT2D eigenvalue weighted by atomic mass is 79.9. The molecule has 5 heteroatoms. The third-order valence-electron chi connectivity index (χ3n) is 2.16. The first-order chi connectivity index (χ1) is 7.66. The predicted octanol–water partition coefficient (Wildman–Crippen LogP) is 3.68. The summed E-state index contributed by atoms with van der Waals surface area (Å²) in [5.74, 6) is -0.176. The smallest absolute Gasteiger partial charge is 0.186 e. The zero-order valence-electron chi connectivity index (χ0n) is 8.65. The lowest BCUT2D eigenvalue weighted by Gasteiger charge is -2.15. The molecule has 0 amide bonds. The fraction of sp³-hybridized carbons (Fsp3) is 0.182. The van der Waals surface area contributed by atoms with Crippen LogP contribution < -0.4 is 4.90 Å². The average Bonchev–Trinajstić information content (AvgIpc) is 2.68. The number of hydrogen-bond acceptors (Lipinski definition) is 3. The lowest BCUT2D eigenvalue weighted by Crippen LogP contribution is -2.16. The molecule has 1 aromatic heterocycles. The molecule has 2 rings (SSSR count). The lowest BCUT2D eigenvalue weighted by molar-refractivity contribution is 0.608. The molecule has 2 aromatic rings. The number of hydrogen-bond donors (Lipinski definition) is 0. The Labute approximate surface area is 106 Å². The van der Waals surface area contributed by atoms with Crippen LogP contribution in [0.1, 0.15) is 5.56 Å². The maximum atomic E-state index is 13.4. The summed E-state index contributed by atoms with van der Waals surface area (Å²) in [6, 6.07) is 6.79. The van der Waals surface area contributed by atoms with Crippen LogP contribution in [0.2, 0.25) is 0 Å². The van der Waals surface area contributed by atoms with Crippen LogP contribution in [0.25, 0.3) is 0 Å². The van der Waals surface area contributed by atoms with Crippen LogP contribution in [0, 0.1) is 5.82 Å². The van der Waals surface area contributed by atoms with Gasteiger partial charge in [-0.2, -0.15) is 0 Å². The molecule has 0 aliphatic rings. The van der Waals surface area contributed by atoms with Gasteiger partial charge in [-0.15, -0.1) is 11.3 Å². The topological polar surface area (TPSA) is 16.1 Å². The summed E-state index contributed by atoms with van der Waals surface area (Å²) in [6.07, 6.45) is 0. The molecule has 16 heavy (non-hydrogen) atoms. The number of benzene rings is 1. The van der Waals surface area contributed by atoms with Crippen molar-refractivity contribution in [1.82, 2.24) is 4.98 Å². The van der Waals surface area contributed by atoms with Crippen LogP contribution in [0.4, 0.5) is 9.52 Å². The first-order valence-electron chi connectivity index (χ1n) is 4.72. The van der Waals surface area contributed by atoms with Crippen molar-refractivity contribution in [3.05, 3.63) is 45.6 Å². The van der Waals surface area contributed by atoms with Crippen molar-refractivity contribution in [1.29, 1.82) is 0 Å². The summed E-state index contributed by atoms with van der Waals surface area (Å²) in [5.41, 5.74) is 0.677. The Balaban J connectivity index is 2.13. The molecule has 0 aliphatic carbocycles. The molecule has 0 atom stereocenters. The van der Waals surface area contributed by atoms with Gasteiger partial charge in [0.25, 0.3) is 0 Å². The normalized spacial score (nSPS) is 10.4. The molecular formula is C11H10BrFN2S. The molecule has 0 radical (unpaired) electrons. The highest BCUT2D eigenvalue weighted by Crippen LogP contribution is 2.24. The Bertz CT molecular complexity index is 486. The third-order valence-corrected chi connectivity index (χ3v) is 3.82. The van der Waals surface area contributed by atoms with E-state index in [0.29, 0.717) is 12.1 Å². The van der Waals surface area contributed by atoms with Gasteiger partial charge in [0.05, 0.1) is 0 Å². The van der Waals surface area contributed by atoms with Crippen molar-refractivity contribution in [2.75, 3.05) is 11.9 Å². The molecule has 2 nitrogen and oxygen atoms in total. The second-order valence-electron chi connectivity index (χ2n) is 3.40. The van der Waals surface area contributed by atoms with Crippen molar-refractivity contribution in [3.63, 3.8) is 0 Å². The molecule has 0 fully saturated rings. The second kappa shape index (κ2) is 4.93. The van der Waals surface area contributed by atoms with Crippen LogP contribution in [0.3, 0.4) is 0 Å². The summed E-state index contributed by atoms with van der Waals surface area (Å²) < 4.78 is 14.2. The highest BCUT2D eigenvalue weighted by Gasteiger charge is 2.08. The van der Waals surface area contributed by atoms with Gasteiger partial charge in [-0.25, -0.2) is 9.37 Å². The van der Waals surface area contributed by atoms with Crippen molar-refractivity contribution in [3.8, 4) is 0 Å². The van der Waals surface area contributed by atoms with Crippen LogP contribution in [0.5, 0.6) is 0 Å². The molecule has 0 saturated carbocycles. The van der Waals surface area contributed by atoms with E-state index in [1.807, 2.05) is 23.4 Å². The van der Waals surface area contributed by atoms with E-state index in [9.17, 15) is 4.39 Å². The Morgan fingerprint density at radius 1 is 1.44 bits per heavy atom. The van der Waals surface area contributed by atoms with E-state index in [2.05, 4.69) is 20.9 Å². The van der Waals surface area contributed by atoms with Crippen molar-refractivity contribution in [2.45, 2.75) is 6.54 Å². The zero-order chi connectivity index (χ0) is 11.5. The molecule has 0 spiro atoms. The van der Waals surface area contributed by atoms with Gasteiger partial charge in [-0.3, -0.25) is 0 Å². The minimum Gasteiger partial charge on any atom is -0.347 e. The van der Waals surface area contributed by atoms with Gasteiger partial charge in [-0.05, 0) is 22.0 Å². The van der Waals surface area contributed by atoms with E-state index in [1.54, 1.807) is 12.1 Å². The predicted molar refractivity (Wildman–Crippen MR) is 68.3 cm³/mol. The summed E-state index contributed by atoms with van der Waals surface area (Å²) in [4.78, 5) is 6.20. The van der Waals surface area contributed by atoms with Gasteiger partial charge >= 0.3 is 0 Å². The maximum absolute atomic E-state index is 13.4. The van der Waals surface area contributed by atoms with Gasteiger partial charge < -0.3 is 4.90 Å². The molecule has 0 aliphatic heterocycles. The fourth-order valence-electron chi connectivity index (χ4n) is 1.37. The lowest BCUT2D eigenvalue weighted by atomic mass is 10.2. The molecular weight excluding hydrogens is 291 g/mol. The fourth-order valence-corrected chi connectivity index (χ4v) is 2.59. The molecule has 1 heterocycles. The second-order valence-corrected chi connectivity index (χ2v) is 5.05. The maximum Gasteiger partial charge on any atom is 0.186 e. The Morgan fingerprint density at radius 3 is 2.81 bits per heavy atom. The third kappa shape index (κ3) is 2.59. The van der Waals surface area contributed by atoms with Crippen molar-refractivity contribution < 1.29 is 4.39 Å². The van der Waals surface area contributed by atoms with Gasteiger partial charge in [0.2, 0.25) is 0 Å². The Kier molecular flexibility index (Phi) is 3.56. The highest BCUT2D eigenvalue weighted by molar-refractivity contribution is 9.10. The van der Waals surface area contributed by atoms with Gasteiger partial charge in [0, 0.05) is 24.5 Å². The quantitative estimate of drug-likeness (QED) is 0.859. The monoisotopic (exact) mass is 300 g/mol. The Morgan fingerprint density at radius 2 is 2.19 bits per heavy atom. The molecule has 0 unspecified atom stereocenters. The van der Waals surface area contributed by atoms with E-state index < -0.39 is 0 Å². The SMILES string of the molecule is CN(Cc1ccccc1F)c1nc(Br)cs1. The first-order valence-corrected chi connectivity index (χ1v) is 6.39. The van der Waals surface area contributed by atoms with E-state index >= 15 is 0 Å². The standard InChI is InChI=1S/C11H10BrFN2S/c1-15(11-14-10(12)7-16-11)6-8-4-2-3-5-9(8)13/h2-5,7H,6H2,1H3. The molecule has 1 aromatic carbocycles. The van der Waals surface area contributed by atoms with Crippen LogP contribution >= 0.6 is 27.3 Å². The molecule has 0 bridgehead atoms. The minimum absolute atomic E-state index is 0.176. The summed E-state index contributed by atoms with van der Waals surface area (Å²) >= 11 is 4.83. The Hall–Kier alpha value is -0.940. The van der Waals surface area contributed by atoms with E-state index in [-0.39, 0.29) is 5.82 Å². The molecule has 84 valence electrons. The number of rotatable bonds is 3. The largest absolute Gasteiger partial charge is 0.347 e. The summed E-state index contributed by atoms with van der Waals surface area (Å²) in [6.45, 7) is 0.520. The first kappa shape index (κ1) is 11.5. The van der Waals surface area contributed by atoms with Crippen LogP contribution in [0.15, 0.2) is 34.2 Å².